The largest absolute Gasteiger partial charge is 0.385 e. The Morgan fingerprint density at radius 1 is 0.647 bits per heavy atom. The zero-order chi connectivity index (χ0) is 13.0. The van der Waals surface area contributed by atoms with E-state index in [1.165, 1.54) is 24.9 Å². The molecule has 17 heavy (non-hydrogen) atoms. The molecule has 3 heteroatoms. The molecule has 0 aromatic rings. The highest BCUT2D eigenvalue weighted by Crippen LogP contribution is 2.21. The summed E-state index contributed by atoms with van der Waals surface area (Å²) in [5, 5.41) is 0. The van der Waals surface area contributed by atoms with Crippen LogP contribution < -0.4 is 0 Å². The summed E-state index contributed by atoms with van der Waals surface area (Å²) in [4.78, 5) is 0. The second-order valence-electron chi connectivity index (χ2n) is 5.11. The van der Waals surface area contributed by atoms with Crippen molar-refractivity contribution < 1.29 is 9.47 Å². The van der Waals surface area contributed by atoms with Gasteiger partial charge in [-0.3, -0.25) is 0 Å². The summed E-state index contributed by atoms with van der Waals surface area (Å²) in [5.41, 5.74) is 0. The Hall–Kier alpha value is 0.137. The predicted octanol–water partition coefficient (Wildman–Crippen LogP) is 4.19. The fourth-order valence-electron chi connectivity index (χ4n) is 2.38. The van der Waals surface area contributed by atoms with E-state index in [1.54, 1.807) is 0 Å². The van der Waals surface area contributed by atoms with Crippen LogP contribution in [0.25, 0.3) is 0 Å². The first-order valence-electron chi connectivity index (χ1n) is 7.40. The summed E-state index contributed by atoms with van der Waals surface area (Å²) in [7, 11) is -1.31. The highest BCUT2D eigenvalue weighted by Gasteiger charge is 2.32. The van der Waals surface area contributed by atoms with Gasteiger partial charge in [0, 0.05) is 25.7 Å². The summed E-state index contributed by atoms with van der Waals surface area (Å²) in [6.07, 6.45) is 6.81. The van der Waals surface area contributed by atoms with E-state index in [4.69, 9.17) is 9.47 Å². The molecule has 0 spiro atoms. The molecule has 0 aromatic heterocycles. The molecular weight excluding hydrogens is 228 g/mol. The number of hydrogen-bond acceptors (Lipinski definition) is 2. The lowest BCUT2D eigenvalue weighted by atomic mass is 10.5. The second-order valence-corrected chi connectivity index (χ2v) is 9.68. The summed E-state index contributed by atoms with van der Waals surface area (Å²) in [6, 6.07) is 2.71. The van der Waals surface area contributed by atoms with Gasteiger partial charge in [-0.1, -0.05) is 52.6 Å². The van der Waals surface area contributed by atoms with Crippen LogP contribution in [0.3, 0.4) is 0 Å². The molecule has 0 bridgehead atoms. The fourth-order valence-corrected chi connectivity index (χ4v) is 6.57. The lowest BCUT2D eigenvalue weighted by Crippen LogP contribution is -2.45. The molecule has 0 aliphatic rings. The van der Waals surface area contributed by atoms with Crippen LogP contribution in [0.2, 0.25) is 12.1 Å². The standard InChI is InChI=1S/C14H32O2Si/c1-5-9-15-13-17(11-7-3,12-8-4)14-16-10-6-2/h5-14H2,1-4H3. The minimum atomic E-state index is -1.31. The molecule has 0 aliphatic carbocycles. The van der Waals surface area contributed by atoms with E-state index in [0.717, 1.165) is 38.5 Å². The number of rotatable bonds is 12. The molecule has 104 valence electrons. The molecule has 0 saturated heterocycles. The summed E-state index contributed by atoms with van der Waals surface area (Å²) >= 11 is 0. The highest BCUT2D eigenvalue weighted by molar-refractivity contribution is 6.79. The summed E-state index contributed by atoms with van der Waals surface area (Å²) < 4.78 is 11.7. The molecule has 0 N–H and O–H groups in total. The molecule has 0 amide bonds. The molecule has 0 aliphatic heterocycles. The van der Waals surface area contributed by atoms with E-state index < -0.39 is 8.07 Å². The van der Waals surface area contributed by atoms with Gasteiger partial charge in [0.1, 0.15) is 8.07 Å². The molecule has 0 aromatic carbocycles. The van der Waals surface area contributed by atoms with Crippen LogP contribution in [0, 0.1) is 0 Å². The van der Waals surface area contributed by atoms with Crippen LogP contribution in [-0.2, 0) is 9.47 Å². The van der Waals surface area contributed by atoms with Crippen molar-refractivity contribution in [1.82, 2.24) is 0 Å². The third kappa shape index (κ3) is 7.95. The average molecular weight is 260 g/mol. The first-order chi connectivity index (χ1) is 8.24. The minimum Gasteiger partial charge on any atom is -0.385 e. The summed E-state index contributed by atoms with van der Waals surface area (Å²) in [5.74, 6) is 0. The lowest BCUT2D eigenvalue weighted by Gasteiger charge is -2.30. The average Bonchev–Trinajstić information content (AvgIpc) is 2.30. The number of ether oxygens (including phenoxy) is 2. The molecule has 0 atom stereocenters. The molecule has 0 heterocycles. The third-order valence-electron chi connectivity index (χ3n) is 3.07. The van der Waals surface area contributed by atoms with E-state index in [9.17, 15) is 0 Å². The van der Waals surface area contributed by atoms with Crippen LogP contribution in [0.15, 0.2) is 0 Å². The van der Waals surface area contributed by atoms with Gasteiger partial charge in [-0.15, -0.1) is 0 Å². The van der Waals surface area contributed by atoms with Crippen molar-refractivity contribution in [3.63, 3.8) is 0 Å². The third-order valence-corrected chi connectivity index (χ3v) is 7.83. The second kappa shape index (κ2) is 11.2. The van der Waals surface area contributed by atoms with Crippen molar-refractivity contribution in [2.45, 2.75) is 65.5 Å². The van der Waals surface area contributed by atoms with Crippen molar-refractivity contribution in [2.24, 2.45) is 0 Å². The van der Waals surface area contributed by atoms with Crippen molar-refractivity contribution in [3.05, 3.63) is 0 Å². The van der Waals surface area contributed by atoms with Gasteiger partial charge < -0.3 is 9.47 Å². The first kappa shape index (κ1) is 17.1. The van der Waals surface area contributed by atoms with Crippen LogP contribution in [-0.4, -0.2) is 33.7 Å². The quantitative estimate of drug-likeness (QED) is 0.387. The van der Waals surface area contributed by atoms with Crippen molar-refractivity contribution in [2.75, 3.05) is 25.7 Å². The first-order valence-corrected chi connectivity index (χ1v) is 10.2. The minimum absolute atomic E-state index is 0.913. The van der Waals surface area contributed by atoms with Gasteiger partial charge in [0.15, 0.2) is 0 Å². The number of hydrogen-bond donors (Lipinski definition) is 0. The van der Waals surface area contributed by atoms with E-state index in [2.05, 4.69) is 27.7 Å². The van der Waals surface area contributed by atoms with Gasteiger partial charge in [-0.25, -0.2) is 0 Å². The Kier molecular flexibility index (Phi) is 11.3. The van der Waals surface area contributed by atoms with Gasteiger partial charge in [0.05, 0.1) is 0 Å². The highest BCUT2D eigenvalue weighted by atomic mass is 28.3. The van der Waals surface area contributed by atoms with Crippen LogP contribution in [0.4, 0.5) is 0 Å². The monoisotopic (exact) mass is 260 g/mol. The van der Waals surface area contributed by atoms with Crippen LogP contribution in [0.1, 0.15) is 53.4 Å². The van der Waals surface area contributed by atoms with Gasteiger partial charge in [0.25, 0.3) is 0 Å². The van der Waals surface area contributed by atoms with Gasteiger partial charge in [-0.2, -0.15) is 0 Å². The Morgan fingerprint density at radius 3 is 1.35 bits per heavy atom. The maximum absolute atomic E-state index is 5.87. The molecule has 0 unspecified atom stereocenters. The van der Waals surface area contributed by atoms with E-state index in [0.29, 0.717) is 0 Å². The zero-order valence-corrected chi connectivity index (χ0v) is 13.4. The Morgan fingerprint density at radius 2 is 1.06 bits per heavy atom. The molecule has 2 nitrogen and oxygen atoms in total. The van der Waals surface area contributed by atoms with Crippen molar-refractivity contribution >= 4 is 8.07 Å². The van der Waals surface area contributed by atoms with Gasteiger partial charge in [-0.05, 0) is 12.8 Å². The Balaban J connectivity index is 4.25. The topological polar surface area (TPSA) is 18.5 Å². The summed E-state index contributed by atoms with van der Waals surface area (Å²) in [6.45, 7) is 10.8. The predicted molar refractivity (Wildman–Crippen MR) is 78.2 cm³/mol. The zero-order valence-electron chi connectivity index (χ0n) is 12.4. The molecular formula is C14H32O2Si. The molecule has 0 rings (SSSR count). The Bertz CT molecular complexity index is 144. The van der Waals surface area contributed by atoms with Gasteiger partial charge in [0.2, 0.25) is 0 Å². The smallest absolute Gasteiger partial charge is 0.113 e. The van der Waals surface area contributed by atoms with Crippen LogP contribution in [0.5, 0.6) is 0 Å². The Labute approximate surface area is 109 Å². The maximum Gasteiger partial charge on any atom is 0.113 e. The van der Waals surface area contributed by atoms with Crippen molar-refractivity contribution in [1.29, 1.82) is 0 Å². The molecule has 0 fully saturated rings. The van der Waals surface area contributed by atoms with Crippen molar-refractivity contribution in [3.8, 4) is 0 Å². The SMILES string of the molecule is CCCOC[Si](CCC)(CCC)COCCC. The van der Waals surface area contributed by atoms with E-state index in [-0.39, 0.29) is 0 Å². The maximum atomic E-state index is 5.87. The molecule has 0 saturated carbocycles. The fraction of sp³-hybridized carbons (Fsp3) is 1.00. The van der Waals surface area contributed by atoms with Crippen LogP contribution >= 0.6 is 0 Å². The molecule has 0 radical (unpaired) electrons. The lowest BCUT2D eigenvalue weighted by molar-refractivity contribution is 0.147. The van der Waals surface area contributed by atoms with E-state index >= 15 is 0 Å². The normalized spacial score (nSPS) is 12.0. The van der Waals surface area contributed by atoms with Gasteiger partial charge >= 0.3 is 0 Å². The van der Waals surface area contributed by atoms with E-state index in [1.807, 2.05) is 0 Å².